The van der Waals surface area contributed by atoms with Crippen LogP contribution in [-0.4, -0.2) is 57.2 Å². The first-order chi connectivity index (χ1) is 20.1. The molecule has 4 rings (SSSR count). The number of anilines is 1. The third-order valence-electron chi connectivity index (χ3n) is 6.94. The van der Waals surface area contributed by atoms with Gasteiger partial charge in [0.1, 0.15) is 22.0 Å². The van der Waals surface area contributed by atoms with Crippen molar-refractivity contribution in [2.45, 2.75) is 51.4 Å². The average molecular weight is 606 g/mol. The van der Waals surface area contributed by atoms with E-state index in [4.69, 9.17) is 14.5 Å². The van der Waals surface area contributed by atoms with Crippen LogP contribution in [0, 0.1) is 13.8 Å². The summed E-state index contributed by atoms with van der Waals surface area (Å²) in [5.74, 6) is 1.02. The van der Waals surface area contributed by atoms with Gasteiger partial charge in [0.2, 0.25) is 11.8 Å². The van der Waals surface area contributed by atoms with Gasteiger partial charge in [0.25, 0.3) is 0 Å². The number of hydrogen-bond donors (Lipinski definition) is 1. The van der Waals surface area contributed by atoms with Gasteiger partial charge in [0.15, 0.2) is 5.16 Å². The van der Waals surface area contributed by atoms with Gasteiger partial charge in [-0.25, -0.2) is 15.0 Å². The van der Waals surface area contributed by atoms with Gasteiger partial charge >= 0.3 is 0 Å². The highest BCUT2D eigenvalue weighted by atomic mass is 32.2. The molecule has 2 amide bonds. The zero-order valence-electron chi connectivity index (χ0n) is 24.6. The van der Waals surface area contributed by atoms with E-state index >= 15 is 0 Å². The van der Waals surface area contributed by atoms with E-state index in [0.29, 0.717) is 23.0 Å². The van der Waals surface area contributed by atoms with Crippen LogP contribution in [0.4, 0.5) is 5.69 Å². The van der Waals surface area contributed by atoms with Gasteiger partial charge in [-0.2, -0.15) is 0 Å². The molecule has 0 saturated carbocycles. The molecule has 0 aliphatic carbocycles. The summed E-state index contributed by atoms with van der Waals surface area (Å²) in [4.78, 5) is 43.1. The molecule has 0 saturated heterocycles. The molecule has 1 atom stereocenters. The number of hydrogen-bond acceptors (Lipinski definition) is 9. The summed E-state index contributed by atoms with van der Waals surface area (Å²) < 4.78 is 10.5. The van der Waals surface area contributed by atoms with Crippen LogP contribution in [0.25, 0.3) is 11.3 Å². The Bertz CT molecular complexity index is 1510. The minimum absolute atomic E-state index is 0.0744. The molecule has 2 aromatic heterocycles. The molecule has 0 fully saturated rings. The van der Waals surface area contributed by atoms with Gasteiger partial charge < -0.3 is 19.7 Å². The van der Waals surface area contributed by atoms with E-state index in [1.807, 2.05) is 56.5 Å². The zero-order chi connectivity index (χ0) is 30.3. The van der Waals surface area contributed by atoms with Crippen molar-refractivity contribution in [1.82, 2.24) is 19.9 Å². The van der Waals surface area contributed by atoms with Gasteiger partial charge in [0.05, 0.1) is 32.2 Å². The minimum Gasteiger partial charge on any atom is -0.497 e. The predicted molar refractivity (Wildman–Crippen MR) is 167 cm³/mol. The maximum Gasteiger partial charge on any atom is 0.250 e. The Kier molecular flexibility index (Phi) is 10.2. The Morgan fingerprint density at radius 2 is 1.55 bits per heavy atom. The number of benzene rings is 2. The Morgan fingerprint density at radius 3 is 2.12 bits per heavy atom. The Balaban J connectivity index is 1.61. The van der Waals surface area contributed by atoms with Gasteiger partial charge in [0, 0.05) is 28.0 Å². The second-order valence-corrected chi connectivity index (χ2v) is 11.8. The number of carbonyl (C=O) groups is 2. The van der Waals surface area contributed by atoms with Crippen molar-refractivity contribution in [3.05, 3.63) is 76.4 Å². The molecule has 1 unspecified atom stereocenters. The van der Waals surface area contributed by atoms with Crippen LogP contribution < -0.4 is 14.8 Å². The number of ether oxygens (including phenoxy) is 2. The summed E-state index contributed by atoms with van der Waals surface area (Å²) in [6, 6.07) is 16.6. The lowest BCUT2D eigenvalue weighted by molar-refractivity contribution is -0.143. The van der Waals surface area contributed by atoms with Crippen LogP contribution in [-0.2, 0) is 16.1 Å². The molecule has 11 heteroatoms. The first-order valence-electron chi connectivity index (χ1n) is 13.4. The van der Waals surface area contributed by atoms with E-state index in [0.717, 1.165) is 33.4 Å². The van der Waals surface area contributed by atoms with Crippen LogP contribution in [0.2, 0.25) is 0 Å². The second kappa shape index (κ2) is 13.8. The van der Waals surface area contributed by atoms with Gasteiger partial charge in [-0.1, -0.05) is 18.7 Å². The highest BCUT2D eigenvalue weighted by Crippen LogP contribution is 2.30. The summed E-state index contributed by atoms with van der Waals surface area (Å²) in [7, 11) is 3.21. The van der Waals surface area contributed by atoms with Crippen LogP contribution in [0.15, 0.2) is 65.1 Å². The molecule has 0 spiro atoms. The van der Waals surface area contributed by atoms with Crippen molar-refractivity contribution in [2.24, 2.45) is 0 Å². The van der Waals surface area contributed by atoms with E-state index in [9.17, 15) is 9.59 Å². The third kappa shape index (κ3) is 7.46. The molecule has 2 aromatic carbocycles. The molecule has 0 aliphatic rings. The largest absolute Gasteiger partial charge is 0.497 e. The second-order valence-electron chi connectivity index (χ2n) is 9.87. The normalized spacial score (nSPS) is 12.3. The van der Waals surface area contributed by atoms with Crippen molar-refractivity contribution in [2.75, 3.05) is 25.3 Å². The highest BCUT2D eigenvalue weighted by Gasteiger charge is 2.41. The first-order valence-corrected chi connectivity index (χ1v) is 15.3. The lowest BCUT2D eigenvalue weighted by atomic mass is 9.94. The van der Waals surface area contributed by atoms with Gasteiger partial charge in [-0.3, -0.25) is 9.59 Å². The summed E-state index contributed by atoms with van der Waals surface area (Å²) >= 11 is 2.71. The Labute approximate surface area is 254 Å². The van der Waals surface area contributed by atoms with Crippen molar-refractivity contribution in [3.8, 4) is 22.8 Å². The summed E-state index contributed by atoms with van der Waals surface area (Å²) in [5, 5.41) is 6.19. The number of thiazole rings is 1. The number of rotatable bonds is 12. The van der Waals surface area contributed by atoms with Gasteiger partial charge in [-0.15, -0.1) is 11.3 Å². The monoisotopic (exact) mass is 605 g/mol. The van der Waals surface area contributed by atoms with E-state index in [-0.39, 0.29) is 24.1 Å². The Hall–Kier alpha value is -3.96. The van der Waals surface area contributed by atoms with Crippen molar-refractivity contribution < 1.29 is 19.1 Å². The molecule has 220 valence electrons. The van der Waals surface area contributed by atoms with Crippen LogP contribution in [0.5, 0.6) is 11.5 Å². The quantitative estimate of drug-likeness (QED) is 0.151. The molecular formula is C31H35N5O4S2. The molecule has 0 radical (unpaired) electrons. The lowest BCUT2D eigenvalue weighted by Crippen LogP contribution is -2.57. The maximum absolute atomic E-state index is 13.9. The third-order valence-corrected chi connectivity index (χ3v) is 8.61. The molecule has 0 aliphatic heterocycles. The molecule has 4 aromatic rings. The molecule has 2 heterocycles. The predicted octanol–water partition coefficient (Wildman–Crippen LogP) is 6.16. The van der Waals surface area contributed by atoms with Gasteiger partial charge in [-0.05, 0) is 81.8 Å². The number of aromatic nitrogens is 3. The fraction of sp³-hybridized carbons (Fsp3) is 0.323. The van der Waals surface area contributed by atoms with Crippen LogP contribution in [0.1, 0.15) is 36.7 Å². The number of carbonyl (C=O) groups excluding carboxylic acids is 2. The molecule has 42 heavy (non-hydrogen) atoms. The SMILES string of the molecule is CCC(C)(C(=O)Nc1ccc(OC)cc1)N(Cc1nc(-c2ccc(OC)cc2)cs1)C(=O)CSc1nc(C)cc(C)n1. The Morgan fingerprint density at radius 1 is 0.952 bits per heavy atom. The topological polar surface area (TPSA) is 107 Å². The summed E-state index contributed by atoms with van der Waals surface area (Å²) in [5.41, 5.74) is 2.85. The number of thioether (sulfide) groups is 1. The summed E-state index contributed by atoms with van der Waals surface area (Å²) in [6.07, 6.45) is 0.391. The lowest BCUT2D eigenvalue weighted by Gasteiger charge is -2.39. The van der Waals surface area contributed by atoms with Crippen LogP contribution >= 0.6 is 23.1 Å². The number of nitrogens with zero attached hydrogens (tertiary/aromatic N) is 4. The standard InChI is InChI=1S/C31H35N5O4S2/c1-7-31(4,29(38)34-23-10-14-25(40-6)15-11-23)36(28(37)19-42-30-32-20(2)16-21(3)33-30)17-27-35-26(18-41-27)22-8-12-24(39-5)13-9-22/h8-16,18H,7,17,19H2,1-6H3,(H,34,38). The van der Waals surface area contributed by atoms with Crippen molar-refractivity contribution in [1.29, 1.82) is 0 Å². The fourth-order valence-electron chi connectivity index (χ4n) is 4.33. The average Bonchev–Trinajstić information content (AvgIpc) is 3.47. The van der Waals surface area contributed by atoms with Crippen LogP contribution in [0.3, 0.4) is 0 Å². The first kappa shape index (κ1) is 31.0. The number of methoxy groups -OCH3 is 2. The number of amides is 2. The summed E-state index contributed by atoms with van der Waals surface area (Å²) in [6.45, 7) is 7.66. The minimum atomic E-state index is -1.16. The van der Waals surface area contributed by atoms with E-state index in [2.05, 4.69) is 15.3 Å². The fourth-order valence-corrected chi connectivity index (χ4v) is 5.94. The zero-order valence-corrected chi connectivity index (χ0v) is 26.3. The molecule has 1 N–H and O–H groups in total. The number of aryl methyl sites for hydroxylation is 2. The molecule has 0 bridgehead atoms. The molecule has 9 nitrogen and oxygen atoms in total. The van der Waals surface area contributed by atoms with Crippen molar-refractivity contribution >= 4 is 40.6 Å². The molecular weight excluding hydrogens is 571 g/mol. The van der Waals surface area contributed by atoms with E-state index in [1.165, 1.54) is 23.1 Å². The highest BCUT2D eigenvalue weighted by molar-refractivity contribution is 7.99. The number of nitrogens with one attached hydrogen (secondary N) is 1. The van der Waals surface area contributed by atoms with E-state index in [1.54, 1.807) is 50.3 Å². The smallest absolute Gasteiger partial charge is 0.250 e. The van der Waals surface area contributed by atoms with E-state index < -0.39 is 5.54 Å². The van der Waals surface area contributed by atoms with Crippen molar-refractivity contribution in [3.63, 3.8) is 0 Å². The maximum atomic E-state index is 13.9.